The minimum Gasteiger partial charge on any atom is -0.396 e. The van der Waals surface area contributed by atoms with Crippen molar-refractivity contribution in [2.75, 3.05) is 12.3 Å². The number of nitrogens with one attached hydrogen (secondary N) is 1. The number of imidazole rings is 1. The smallest absolute Gasteiger partial charge is 0.280 e. The summed E-state index contributed by atoms with van der Waals surface area (Å²) in [4.78, 5) is 22.6. The maximum absolute atomic E-state index is 11.8. The van der Waals surface area contributed by atoms with Crippen molar-refractivity contribution in [2.24, 2.45) is 5.92 Å². The molecule has 7 heteroatoms. The molecule has 19 heavy (non-hydrogen) atoms. The zero-order valence-electron chi connectivity index (χ0n) is 11.2. The Morgan fingerprint density at radius 2 is 2.21 bits per heavy atom. The lowest BCUT2D eigenvalue weighted by atomic mass is 10.0. The van der Waals surface area contributed by atoms with Crippen LogP contribution in [0.2, 0.25) is 0 Å². The van der Waals surface area contributed by atoms with E-state index in [1.165, 1.54) is 0 Å². The van der Waals surface area contributed by atoms with Crippen LogP contribution in [0, 0.1) is 12.8 Å². The molecule has 104 valence electrons. The minimum atomic E-state index is -0.320. The normalized spacial score (nSPS) is 13.0. The third-order valence-corrected chi connectivity index (χ3v) is 3.37. The summed E-state index contributed by atoms with van der Waals surface area (Å²) < 4.78 is 1.89. The molecule has 4 N–H and O–H groups in total. The molecule has 2 rings (SSSR count). The van der Waals surface area contributed by atoms with Gasteiger partial charge in [-0.15, -0.1) is 0 Å². The summed E-state index contributed by atoms with van der Waals surface area (Å²) in [7, 11) is 0. The quantitative estimate of drug-likeness (QED) is 0.725. The number of nitrogen functional groups attached to an aromatic ring is 1. The molecule has 0 saturated heterocycles. The molecule has 7 nitrogen and oxygen atoms in total. The van der Waals surface area contributed by atoms with Gasteiger partial charge >= 0.3 is 0 Å². The monoisotopic (exact) mass is 265 g/mol. The van der Waals surface area contributed by atoms with E-state index in [1.807, 2.05) is 11.5 Å². The van der Waals surface area contributed by atoms with Gasteiger partial charge in [0, 0.05) is 13.2 Å². The van der Waals surface area contributed by atoms with Gasteiger partial charge in [0.15, 0.2) is 11.2 Å². The summed E-state index contributed by atoms with van der Waals surface area (Å²) in [6, 6.07) is 0. The molecule has 0 bridgehead atoms. The number of hydrogen-bond donors (Lipinski definition) is 3. The molecule has 2 aromatic heterocycles. The fourth-order valence-electron chi connectivity index (χ4n) is 2.22. The highest BCUT2D eigenvalue weighted by atomic mass is 16.3. The molecule has 0 saturated carbocycles. The van der Waals surface area contributed by atoms with Crippen LogP contribution < -0.4 is 11.3 Å². The van der Waals surface area contributed by atoms with E-state index in [0.29, 0.717) is 30.0 Å². The van der Waals surface area contributed by atoms with Crippen molar-refractivity contribution in [3.05, 3.63) is 16.2 Å². The standard InChI is InChI=1S/C12H19N5O2/c1-3-8(4-5-18)6-17-7(2)14-9-10(17)15-12(13)16-11(9)19/h8,18H,3-6H2,1-2H3,(H3,13,15,16,19)/t8-/m1/s1. The molecule has 0 fully saturated rings. The van der Waals surface area contributed by atoms with E-state index in [-0.39, 0.29) is 18.1 Å². The lowest BCUT2D eigenvalue weighted by molar-refractivity contribution is 0.244. The first kappa shape index (κ1) is 13.5. The van der Waals surface area contributed by atoms with Crippen molar-refractivity contribution in [1.82, 2.24) is 19.5 Å². The summed E-state index contributed by atoms with van der Waals surface area (Å²) in [6.45, 7) is 4.74. The van der Waals surface area contributed by atoms with Crippen molar-refractivity contribution in [2.45, 2.75) is 33.2 Å². The third kappa shape index (κ3) is 2.60. The van der Waals surface area contributed by atoms with Gasteiger partial charge in [0.2, 0.25) is 5.95 Å². The number of hydrogen-bond acceptors (Lipinski definition) is 5. The maximum atomic E-state index is 11.8. The van der Waals surface area contributed by atoms with Gasteiger partial charge in [-0.05, 0) is 19.3 Å². The maximum Gasteiger partial charge on any atom is 0.280 e. The largest absolute Gasteiger partial charge is 0.396 e. The Balaban J connectivity index is 2.48. The lowest BCUT2D eigenvalue weighted by Crippen LogP contribution is -2.15. The lowest BCUT2D eigenvalue weighted by Gasteiger charge is -2.15. The van der Waals surface area contributed by atoms with Crippen LogP contribution >= 0.6 is 0 Å². The Hall–Kier alpha value is -1.89. The van der Waals surface area contributed by atoms with Crippen LogP contribution in [0.3, 0.4) is 0 Å². The van der Waals surface area contributed by atoms with E-state index in [9.17, 15) is 4.79 Å². The highest BCUT2D eigenvalue weighted by Crippen LogP contribution is 2.17. The van der Waals surface area contributed by atoms with Gasteiger partial charge in [-0.2, -0.15) is 4.98 Å². The fraction of sp³-hybridized carbons (Fsp3) is 0.583. The van der Waals surface area contributed by atoms with Crippen molar-refractivity contribution in [3.8, 4) is 0 Å². The van der Waals surface area contributed by atoms with Crippen LogP contribution in [-0.4, -0.2) is 31.2 Å². The first-order valence-electron chi connectivity index (χ1n) is 6.40. The summed E-state index contributed by atoms with van der Waals surface area (Å²) in [6.07, 6.45) is 1.66. The number of aryl methyl sites for hydroxylation is 1. The highest BCUT2D eigenvalue weighted by molar-refractivity contribution is 5.71. The third-order valence-electron chi connectivity index (χ3n) is 3.37. The number of aromatic nitrogens is 4. The molecular weight excluding hydrogens is 246 g/mol. The Bertz CT molecular complexity index is 631. The van der Waals surface area contributed by atoms with Crippen LogP contribution in [-0.2, 0) is 6.54 Å². The number of aliphatic hydroxyl groups excluding tert-OH is 1. The van der Waals surface area contributed by atoms with Gasteiger partial charge in [-0.3, -0.25) is 9.78 Å². The average Bonchev–Trinajstić information content (AvgIpc) is 2.66. The second-order valence-electron chi connectivity index (χ2n) is 4.68. The van der Waals surface area contributed by atoms with Crippen LogP contribution in [0.1, 0.15) is 25.6 Å². The molecule has 0 aliphatic carbocycles. The van der Waals surface area contributed by atoms with Crippen LogP contribution in [0.5, 0.6) is 0 Å². The van der Waals surface area contributed by atoms with Gasteiger partial charge < -0.3 is 15.4 Å². The Morgan fingerprint density at radius 3 is 2.84 bits per heavy atom. The minimum absolute atomic E-state index is 0.0915. The van der Waals surface area contributed by atoms with Crippen LogP contribution in [0.25, 0.3) is 11.2 Å². The van der Waals surface area contributed by atoms with Crippen molar-refractivity contribution >= 4 is 17.1 Å². The molecule has 1 atom stereocenters. The van der Waals surface area contributed by atoms with E-state index in [1.54, 1.807) is 0 Å². The Kier molecular flexibility index (Phi) is 3.84. The number of fused-ring (bicyclic) bond motifs is 1. The van der Waals surface area contributed by atoms with Crippen molar-refractivity contribution < 1.29 is 5.11 Å². The van der Waals surface area contributed by atoms with Crippen LogP contribution in [0.4, 0.5) is 5.95 Å². The summed E-state index contributed by atoms with van der Waals surface area (Å²) in [5.74, 6) is 1.15. The van der Waals surface area contributed by atoms with E-state index < -0.39 is 0 Å². The number of nitrogens with zero attached hydrogens (tertiary/aromatic N) is 3. The number of anilines is 1. The number of nitrogens with two attached hydrogens (primary N) is 1. The van der Waals surface area contributed by atoms with E-state index in [2.05, 4.69) is 21.9 Å². The molecule has 0 unspecified atom stereocenters. The van der Waals surface area contributed by atoms with Gasteiger partial charge in [-0.25, -0.2) is 4.98 Å². The predicted molar refractivity (Wildman–Crippen MR) is 72.8 cm³/mol. The Labute approximate surface area is 110 Å². The van der Waals surface area contributed by atoms with Gasteiger partial charge in [-0.1, -0.05) is 13.3 Å². The summed E-state index contributed by atoms with van der Waals surface area (Å²) >= 11 is 0. The molecule has 0 radical (unpaired) electrons. The molecule has 0 aliphatic rings. The summed E-state index contributed by atoms with van der Waals surface area (Å²) in [5.41, 5.74) is 6.08. The first-order valence-corrected chi connectivity index (χ1v) is 6.40. The fourth-order valence-corrected chi connectivity index (χ4v) is 2.22. The number of aliphatic hydroxyl groups is 1. The van der Waals surface area contributed by atoms with Gasteiger partial charge in [0.25, 0.3) is 5.56 Å². The average molecular weight is 265 g/mol. The molecule has 2 heterocycles. The molecule has 0 amide bonds. The zero-order valence-corrected chi connectivity index (χ0v) is 11.2. The zero-order chi connectivity index (χ0) is 14.0. The highest BCUT2D eigenvalue weighted by Gasteiger charge is 2.16. The number of rotatable bonds is 5. The molecule has 0 aromatic carbocycles. The SMILES string of the molecule is CC[C@H](CCO)Cn1c(C)nc2c(=O)[nH]c(N)nc21. The molecule has 0 spiro atoms. The Morgan fingerprint density at radius 1 is 1.47 bits per heavy atom. The van der Waals surface area contributed by atoms with Gasteiger partial charge in [0.1, 0.15) is 5.82 Å². The molecule has 2 aromatic rings. The number of H-pyrrole nitrogens is 1. The van der Waals surface area contributed by atoms with Crippen LogP contribution in [0.15, 0.2) is 4.79 Å². The van der Waals surface area contributed by atoms with E-state index >= 15 is 0 Å². The second-order valence-corrected chi connectivity index (χ2v) is 4.68. The predicted octanol–water partition coefficient (Wildman–Crippen LogP) is 0.419. The van der Waals surface area contributed by atoms with E-state index in [0.717, 1.165) is 12.2 Å². The second kappa shape index (κ2) is 5.40. The van der Waals surface area contributed by atoms with E-state index in [4.69, 9.17) is 10.8 Å². The number of aromatic amines is 1. The molecule has 0 aliphatic heterocycles. The van der Waals surface area contributed by atoms with Crippen molar-refractivity contribution in [1.29, 1.82) is 0 Å². The summed E-state index contributed by atoms with van der Waals surface area (Å²) in [5, 5.41) is 9.05. The van der Waals surface area contributed by atoms with Gasteiger partial charge in [0.05, 0.1) is 0 Å². The molecular formula is C12H19N5O2. The topological polar surface area (TPSA) is 110 Å². The first-order chi connectivity index (χ1) is 9.06. The van der Waals surface area contributed by atoms with Crippen molar-refractivity contribution in [3.63, 3.8) is 0 Å².